The molecular weight excluding hydrogens is 252 g/mol. The molecular formula is C12H16N2O5. The quantitative estimate of drug-likeness (QED) is 0.879. The Hall–Kier alpha value is -2.44. The first-order valence-electron chi connectivity index (χ1n) is 5.43. The van der Waals surface area contributed by atoms with E-state index in [0.717, 1.165) is 0 Å². The fourth-order valence-corrected chi connectivity index (χ4v) is 1.05. The summed E-state index contributed by atoms with van der Waals surface area (Å²) < 4.78 is 9.96. The summed E-state index contributed by atoms with van der Waals surface area (Å²) in [5.41, 5.74) is 0. The number of rotatable bonds is 2. The number of hydrogen-bond acceptors (Lipinski definition) is 5. The molecule has 0 aliphatic carbocycles. The van der Waals surface area contributed by atoms with Crippen LogP contribution in [0.25, 0.3) is 0 Å². The minimum Gasteiger partial charge on any atom is -0.504 e. The standard InChI is InChI=1S/C12H16N2O5/c1-13(2)11(16)18-9-7-5-6-8(15)10(9)19-12(17)14(3)4/h5-7,15H,1-4H3. The third kappa shape index (κ3) is 3.77. The predicted molar refractivity (Wildman–Crippen MR) is 67.5 cm³/mol. The molecule has 0 atom stereocenters. The van der Waals surface area contributed by atoms with E-state index in [2.05, 4.69) is 0 Å². The van der Waals surface area contributed by atoms with Gasteiger partial charge >= 0.3 is 12.2 Å². The minimum absolute atomic E-state index is 0.0334. The number of amides is 2. The van der Waals surface area contributed by atoms with Gasteiger partial charge in [-0.2, -0.15) is 0 Å². The number of nitrogens with zero attached hydrogens (tertiary/aromatic N) is 2. The first-order chi connectivity index (χ1) is 8.82. The van der Waals surface area contributed by atoms with Gasteiger partial charge in [0.05, 0.1) is 0 Å². The van der Waals surface area contributed by atoms with Crippen molar-refractivity contribution in [2.45, 2.75) is 0 Å². The van der Waals surface area contributed by atoms with Crippen LogP contribution in [0, 0.1) is 0 Å². The first-order valence-corrected chi connectivity index (χ1v) is 5.43. The van der Waals surface area contributed by atoms with Gasteiger partial charge in [0.1, 0.15) is 0 Å². The molecule has 0 saturated carbocycles. The number of ether oxygens (including phenoxy) is 2. The average molecular weight is 268 g/mol. The maximum Gasteiger partial charge on any atom is 0.414 e. The Morgan fingerprint density at radius 2 is 1.53 bits per heavy atom. The zero-order chi connectivity index (χ0) is 14.6. The van der Waals surface area contributed by atoms with Gasteiger partial charge in [0.15, 0.2) is 11.5 Å². The molecule has 0 radical (unpaired) electrons. The van der Waals surface area contributed by atoms with Gasteiger partial charge in [-0.3, -0.25) is 0 Å². The van der Waals surface area contributed by atoms with Crippen molar-refractivity contribution in [3.05, 3.63) is 18.2 Å². The second-order valence-electron chi connectivity index (χ2n) is 4.13. The van der Waals surface area contributed by atoms with Crippen LogP contribution in [0.4, 0.5) is 9.59 Å². The Balaban J connectivity index is 3.02. The van der Waals surface area contributed by atoms with Crippen molar-refractivity contribution in [3.63, 3.8) is 0 Å². The molecule has 0 spiro atoms. The van der Waals surface area contributed by atoms with E-state index in [4.69, 9.17) is 9.47 Å². The second kappa shape index (κ2) is 5.94. The van der Waals surface area contributed by atoms with Crippen LogP contribution in [0.3, 0.4) is 0 Å². The highest BCUT2D eigenvalue weighted by atomic mass is 16.6. The normalized spacial score (nSPS) is 9.68. The maximum absolute atomic E-state index is 11.5. The Bertz CT molecular complexity index is 485. The summed E-state index contributed by atoms with van der Waals surface area (Å²) >= 11 is 0. The van der Waals surface area contributed by atoms with Crippen LogP contribution in [-0.2, 0) is 0 Å². The molecule has 0 fully saturated rings. The van der Waals surface area contributed by atoms with Crippen LogP contribution in [0.15, 0.2) is 18.2 Å². The predicted octanol–water partition coefficient (Wildman–Crippen LogP) is 1.51. The molecule has 0 bridgehead atoms. The van der Waals surface area contributed by atoms with Gasteiger partial charge in [-0.15, -0.1) is 0 Å². The zero-order valence-electron chi connectivity index (χ0n) is 11.2. The molecule has 0 heterocycles. The minimum atomic E-state index is -0.691. The lowest BCUT2D eigenvalue weighted by atomic mass is 10.3. The van der Waals surface area contributed by atoms with Gasteiger partial charge in [0.25, 0.3) is 0 Å². The summed E-state index contributed by atoms with van der Waals surface area (Å²) in [6, 6.07) is 4.21. The lowest BCUT2D eigenvalue weighted by Gasteiger charge is -2.16. The molecule has 0 unspecified atom stereocenters. The molecule has 19 heavy (non-hydrogen) atoms. The SMILES string of the molecule is CN(C)C(=O)Oc1cccc(O)c1OC(=O)N(C)C. The lowest BCUT2D eigenvalue weighted by Crippen LogP contribution is -2.27. The number of carbonyl (C=O) groups excluding carboxylic acids is 2. The number of phenols is 1. The van der Waals surface area contributed by atoms with Gasteiger partial charge in [-0.05, 0) is 12.1 Å². The molecule has 0 aliphatic rings. The highest BCUT2D eigenvalue weighted by Crippen LogP contribution is 2.36. The molecule has 104 valence electrons. The van der Waals surface area contributed by atoms with Crippen LogP contribution in [0.1, 0.15) is 0 Å². The van der Waals surface area contributed by atoms with Gasteiger partial charge in [0.2, 0.25) is 5.75 Å². The van der Waals surface area contributed by atoms with E-state index in [9.17, 15) is 14.7 Å². The number of phenolic OH excluding ortho intramolecular Hbond substituents is 1. The fraction of sp³-hybridized carbons (Fsp3) is 0.333. The molecule has 1 rings (SSSR count). The number of benzene rings is 1. The van der Waals surface area contributed by atoms with Crippen molar-refractivity contribution in [1.29, 1.82) is 0 Å². The first kappa shape index (κ1) is 14.6. The molecule has 0 saturated heterocycles. The molecule has 0 aliphatic heterocycles. The van der Waals surface area contributed by atoms with E-state index in [-0.39, 0.29) is 17.2 Å². The highest BCUT2D eigenvalue weighted by molar-refractivity contribution is 5.75. The summed E-state index contributed by atoms with van der Waals surface area (Å²) in [5, 5.41) is 9.67. The van der Waals surface area contributed by atoms with Gasteiger partial charge in [-0.1, -0.05) is 6.07 Å². The average Bonchev–Trinajstić information content (AvgIpc) is 2.32. The highest BCUT2D eigenvalue weighted by Gasteiger charge is 2.19. The zero-order valence-corrected chi connectivity index (χ0v) is 11.2. The Labute approximate surface area is 110 Å². The fourth-order valence-electron chi connectivity index (χ4n) is 1.05. The molecule has 2 amide bonds. The summed E-state index contributed by atoms with van der Waals surface area (Å²) in [5.74, 6) is -0.524. The summed E-state index contributed by atoms with van der Waals surface area (Å²) in [7, 11) is 6.01. The van der Waals surface area contributed by atoms with E-state index >= 15 is 0 Å². The third-order valence-corrected chi connectivity index (χ3v) is 2.08. The van der Waals surface area contributed by atoms with Crippen LogP contribution in [0.2, 0.25) is 0 Å². The van der Waals surface area contributed by atoms with Crippen molar-refractivity contribution in [1.82, 2.24) is 9.80 Å². The van der Waals surface area contributed by atoms with Crippen molar-refractivity contribution in [2.24, 2.45) is 0 Å². The molecule has 0 aromatic heterocycles. The van der Waals surface area contributed by atoms with Crippen molar-refractivity contribution in [3.8, 4) is 17.2 Å². The van der Waals surface area contributed by atoms with E-state index in [1.54, 1.807) is 0 Å². The Morgan fingerprint density at radius 3 is 2.05 bits per heavy atom. The van der Waals surface area contributed by atoms with E-state index < -0.39 is 12.2 Å². The van der Waals surface area contributed by atoms with Gasteiger partial charge in [-0.25, -0.2) is 9.59 Å². The smallest absolute Gasteiger partial charge is 0.414 e. The monoisotopic (exact) mass is 268 g/mol. The molecule has 1 aromatic rings. The van der Waals surface area contributed by atoms with E-state index in [1.807, 2.05) is 0 Å². The summed E-state index contributed by atoms with van der Waals surface area (Å²) in [6.07, 6.45) is -1.34. The Morgan fingerprint density at radius 1 is 1.00 bits per heavy atom. The van der Waals surface area contributed by atoms with Crippen molar-refractivity contribution < 1.29 is 24.2 Å². The van der Waals surface area contributed by atoms with Gasteiger partial charge in [0, 0.05) is 28.2 Å². The van der Waals surface area contributed by atoms with Crippen LogP contribution in [0.5, 0.6) is 17.2 Å². The van der Waals surface area contributed by atoms with Crippen molar-refractivity contribution >= 4 is 12.2 Å². The number of carbonyl (C=O) groups is 2. The molecule has 7 heteroatoms. The second-order valence-corrected chi connectivity index (χ2v) is 4.13. The van der Waals surface area contributed by atoms with Crippen molar-refractivity contribution in [2.75, 3.05) is 28.2 Å². The van der Waals surface area contributed by atoms with Crippen LogP contribution >= 0.6 is 0 Å². The molecule has 7 nitrogen and oxygen atoms in total. The number of aromatic hydroxyl groups is 1. The largest absolute Gasteiger partial charge is 0.504 e. The van der Waals surface area contributed by atoms with Crippen LogP contribution in [-0.4, -0.2) is 55.3 Å². The van der Waals surface area contributed by atoms with E-state index in [1.165, 1.54) is 56.2 Å². The van der Waals surface area contributed by atoms with Gasteiger partial charge < -0.3 is 24.4 Å². The third-order valence-electron chi connectivity index (χ3n) is 2.08. The number of hydrogen-bond donors (Lipinski definition) is 1. The Kier molecular flexibility index (Phi) is 4.57. The maximum atomic E-state index is 11.5. The number of para-hydroxylation sites is 1. The molecule has 1 N–H and O–H groups in total. The van der Waals surface area contributed by atoms with Crippen LogP contribution < -0.4 is 9.47 Å². The topological polar surface area (TPSA) is 79.3 Å². The molecule has 1 aromatic carbocycles. The summed E-state index contributed by atoms with van der Waals surface area (Å²) in [4.78, 5) is 25.3. The van der Waals surface area contributed by atoms with E-state index in [0.29, 0.717) is 0 Å². The lowest BCUT2D eigenvalue weighted by molar-refractivity contribution is 0.159. The summed E-state index contributed by atoms with van der Waals surface area (Å²) in [6.45, 7) is 0.